The predicted molar refractivity (Wildman–Crippen MR) is 78.7 cm³/mol. The lowest BCUT2D eigenvalue weighted by atomic mass is 10.0. The van der Waals surface area contributed by atoms with E-state index in [4.69, 9.17) is 10.9 Å². The fourth-order valence-corrected chi connectivity index (χ4v) is 2.23. The molecule has 1 amide bonds. The molecule has 0 aliphatic carbocycles. The molecule has 0 heterocycles. The second-order valence-corrected chi connectivity index (χ2v) is 6.66. The van der Waals surface area contributed by atoms with E-state index in [1.54, 1.807) is 27.7 Å². The Hall–Kier alpha value is -1.44. The molecule has 20 heavy (non-hydrogen) atoms. The highest BCUT2D eigenvalue weighted by Gasteiger charge is 2.19. The monoisotopic (exact) mass is 299 g/mol. The number of primary sulfonamides is 1. The van der Waals surface area contributed by atoms with Crippen molar-refractivity contribution in [3.05, 3.63) is 23.3 Å². The minimum atomic E-state index is -3.81. The molecule has 6 nitrogen and oxygen atoms in total. The summed E-state index contributed by atoms with van der Waals surface area (Å²) in [6.45, 7) is 7.01. The van der Waals surface area contributed by atoms with Gasteiger partial charge < -0.3 is 11.1 Å². The fraction of sp³-hybridized carbons (Fsp3) is 0.462. The van der Waals surface area contributed by atoms with E-state index in [1.165, 1.54) is 12.1 Å². The third-order valence-electron chi connectivity index (χ3n) is 3.43. The highest BCUT2D eigenvalue weighted by atomic mass is 32.2. The van der Waals surface area contributed by atoms with E-state index in [2.05, 4.69) is 5.32 Å². The maximum atomic E-state index is 12.0. The molecule has 1 rings (SSSR count). The molecule has 0 bridgehead atoms. The molecule has 5 N–H and O–H groups in total. The van der Waals surface area contributed by atoms with Crippen molar-refractivity contribution in [2.75, 3.05) is 5.32 Å². The molecule has 0 aliphatic heterocycles. The average molecular weight is 299 g/mol. The minimum absolute atomic E-state index is 0.0237. The first-order chi connectivity index (χ1) is 9.04. The van der Waals surface area contributed by atoms with Crippen molar-refractivity contribution in [2.24, 2.45) is 16.8 Å². The smallest absolute Gasteiger partial charge is 0.238 e. The van der Waals surface area contributed by atoms with E-state index in [-0.39, 0.29) is 22.8 Å². The van der Waals surface area contributed by atoms with Gasteiger partial charge >= 0.3 is 0 Å². The molecule has 2 atom stereocenters. The molecule has 112 valence electrons. The number of sulfonamides is 1. The molecule has 7 heteroatoms. The van der Waals surface area contributed by atoms with Gasteiger partial charge in [0.2, 0.25) is 15.9 Å². The fourth-order valence-electron chi connectivity index (χ4n) is 1.61. The van der Waals surface area contributed by atoms with E-state index in [0.29, 0.717) is 5.69 Å². The zero-order chi connectivity index (χ0) is 15.7. The van der Waals surface area contributed by atoms with Crippen LogP contribution in [0.4, 0.5) is 5.69 Å². The lowest BCUT2D eigenvalue weighted by Crippen LogP contribution is -2.34. The van der Waals surface area contributed by atoms with E-state index in [9.17, 15) is 13.2 Å². The molecule has 1 aromatic carbocycles. The summed E-state index contributed by atoms with van der Waals surface area (Å²) in [6.07, 6.45) is 0. The molecular weight excluding hydrogens is 278 g/mol. The number of amides is 1. The SMILES string of the molecule is Cc1cc(S(N)(=O)=O)cc(NC(=O)C(C)C(C)N)c1C. The van der Waals surface area contributed by atoms with Gasteiger partial charge in [-0.2, -0.15) is 0 Å². The maximum Gasteiger partial charge on any atom is 0.238 e. The quantitative estimate of drug-likeness (QED) is 0.765. The van der Waals surface area contributed by atoms with Crippen LogP contribution in [0.15, 0.2) is 17.0 Å². The first-order valence-corrected chi connectivity index (χ1v) is 7.79. The molecule has 0 saturated carbocycles. The van der Waals surface area contributed by atoms with Crippen molar-refractivity contribution in [1.82, 2.24) is 0 Å². The summed E-state index contributed by atoms with van der Waals surface area (Å²) in [5.41, 5.74) is 7.65. The standard InChI is InChI=1S/C13H21N3O3S/c1-7-5-11(20(15,18)19)6-12(8(7)2)16-13(17)9(3)10(4)14/h5-6,9-10H,14H2,1-4H3,(H,16,17)(H2,15,18,19). The van der Waals surface area contributed by atoms with Crippen LogP contribution in [-0.4, -0.2) is 20.4 Å². The molecule has 0 radical (unpaired) electrons. The first-order valence-electron chi connectivity index (χ1n) is 6.24. The molecule has 0 aliphatic rings. The number of nitrogens with one attached hydrogen (secondary N) is 1. The zero-order valence-corrected chi connectivity index (χ0v) is 12.9. The number of hydrogen-bond acceptors (Lipinski definition) is 4. The summed E-state index contributed by atoms with van der Waals surface area (Å²) in [4.78, 5) is 12.0. The number of rotatable bonds is 4. The van der Waals surface area contributed by atoms with Crippen LogP contribution >= 0.6 is 0 Å². The topological polar surface area (TPSA) is 115 Å². The Bertz CT molecular complexity index is 624. The van der Waals surface area contributed by atoms with E-state index < -0.39 is 10.0 Å². The van der Waals surface area contributed by atoms with Crippen LogP contribution in [0.1, 0.15) is 25.0 Å². The molecule has 0 saturated heterocycles. The molecule has 0 fully saturated rings. The Morgan fingerprint density at radius 3 is 2.25 bits per heavy atom. The van der Waals surface area contributed by atoms with Crippen LogP contribution in [0, 0.1) is 19.8 Å². The summed E-state index contributed by atoms with van der Waals surface area (Å²) >= 11 is 0. The average Bonchev–Trinajstić information content (AvgIpc) is 2.32. The van der Waals surface area contributed by atoms with Crippen LogP contribution < -0.4 is 16.2 Å². The summed E-state index contributed by atoms with van der Waals surface area (Å²) < 4.78 is 22.8. The van der Waals surface area contributed by atoms with Crippen molar-refractivity contribution < 1.29 is 13.2 Å². The van der Waals surface area contributed by atoms with Crippen LogP contribution in [0.5, 0.6) is 0 Å². The van der Waals surface area contributed by atoms with Crippen LogP contribution in [0.25, 0.3) is 0 Å². The summed E-state index contributed by atoms with van der Waals surface area (Å²) in [5, 5.41) is 7.83. The van der Waals surface area contributed by atoms with Gasteiger partial charge in [0.15, 0.2) is 0 Å². The van der Waals surface area contributed by atoms with Crippen molar-refractivity contribution in [1.29, 1.82) is 0 Å². The highest BCUT2D eigenvalue weighted by Crippen LogP contribution is 2.24. The molecule has 0 spiro atoms. The Morgan fingerprint density at radius 2 is 1.80 bits per heavy atom. The summed E-state index contributed by atoms with van der Waals surface area (Å²) in [7, 11) is -3.81. The number of benzene rings is 1. The van der Waals surface area contributed by atoms with E-state index in [0.717, 1.165) is 11.1 Å². The summed E-state index contributed by atoms with van der Waals surface area (Å²) in [6, 6.07) is 2.55. The zero-order valence-electron chi connectivity index (χ0n) is 12.1. The van der Waals surface area contributed by atoms with Gasteiger partial charge in [0.1, 0.15) is 0 Å². The van der Waals surface area contributed by atoms with Crippen molar-refractivity contribution >= 4 is 21.6 Å². The van der Waals surface area contributed by atoms with Crippen LogP contribution in [0.2, 0.25) is 0 Å². The molecular formula is C13H21N3O3S. The van der Waals surface area contributed by atoms with Crippen molar-refractivity contribution in [2.45, 2.75) is 38.6 Å². The van der Waals surface area contributed by atoms with Gasteiger partial charge in [-0.15, -0.1) is 0 Å². The lowest BCUT2D eigenvalue weighted by Gasteiger charge is -2.18. The van der Waals surface area contributed by atoms with Gasteiger partial charge in [-0.1, -0.05) is 6.92 Å². The second-order valence-electron chi connectivity index (χ2n) is 5.09. The van der Waals surface area contributed by atoms with Gasteiger partial charge in [-0.3, -0.25) is 4.79 Å². The Morgan fingerprint density at radius 1 is 1.25 bits per heavy atom. The van der Waals surface area contributed by atoms with Crippen LogP contribution in [-0.2, 0) is 14.8 Å². The molecule has 2 unspecified atom stereocenters. The number of carbonyl (C=O) groups excluding carboxylic acids is 1. The molecule has 1 aromatic rings. The highest BCUT2D eigenvalue weighted by molar-refractivity contribution is 7.89. The summed E-state index contributed by atoms with van der Waals surface area (Å²) in [5.74, 6) is -0.637. The normalized spacial score (nSPS) is 14.7. The van der Waals surface area contributed by atoms with Gasteiger partial charge in [0.05, 0.1) is 10.8 Å². The van der Waals surface area contributed by atoms with E-state index >= 15 is 0 Å². The van der Waals surface area contributed by atoms with Gasteiger partial charge in [-0.25, -0.2) is 13.6 Å². The largest absolute Gasteiger partial charge is 0.327 e. The first kappa shape index (κ1) is 16.6. The van der Waals surface area contributed by atoms with Gasteiger partial charge in [0, 0.05) is 11.7 Å². The van der Waals surface area contributed by atoms with Crippen LogP contribution in [0.3, 0.4) is 0 Å². The third kappa shape index (κ3) is 3.78. The van der Waals surface area contributed by atoms with Gasteiger partial charge in [-0.05, 0) is 44.0 Å². The Kier molecular flexibility index (Phi) is 4.90. The third-order valence-corrected chi connectivity index (χ3v) is 4.32. The number of aryl methyl sites for hydroxylation is 1. The van der Waals surface area contributed by atoms with Gasteiger partial charge in [0.25, 0.3) is 0 Å². The lowest BCUT2D eigenvalue weighted by molar-refractivity contribution is -0.119. The van der Waals surface area contributed by atoms with E-state index in [1.807, 2.05) is 0 Å². The Labute approximate surface area is 119 Å². The second kappa shape index (κ2) is 5.90. The minimum Gasteiger partial charge on any atom is -0.327 e. The predicted octanol–water partition coefficient (Wildman–Crippen LogP) is 0.873. The van der Waals surface area contributed by atoms with Crippen molar-refractivity contribution in [3.63, 3.8) is 0 Å². The van der Waals surface area contributed by atoms with Crippen molar-refractivity contribution in [3.8, 4) is 0 Å². The number of nitrogens with two attached hydrogens (primary N) is 2. The maximum absolute atomic E-state index is 12.0. The number of carbonyl (C=O) groups is 1. The Balaban J connectivity index is 3.19. The number of hydrogen-bond donors (Lipinski definition) is 3. The molecule has 0 aromatic heterocycles. The number of anilines is 1.